The number of hydrogen-bond donors (Lipinski definition) is 1. The van der Waals surface area contributed by atoms with Crippen LogP contribution in [0.2, 0.25) is 0 Å². The van der Waals surface area contributed by atoms with E-state index in [1.54, 1.807) is 24.3 Å². The number of H-pyrrole nitrogens is 1. The molecule has 3 heterocycles. The van der Waals surface area contributed by atoms with Crippen LogP contribution in [-0.2, 0) is 11.2 Å². The zero-order valence-corrected chi connectivity index (χ0v) is 19.8. The highest BCUT2D eigenvalue weighted by molar-refractivity contribution is 6.41. The van der Waals surface area contributed by atoms with Crippen LogP contribution in [-0.4, -0.2) is 63.8 Å². The predicted molar refractivity (Wildman–Crippen MR) is 132 cm³/mol. The normalized spacial score (nSPS) is 14.0. The number of aromatic nitrogens is 2. The zero-order valence-electron chi connectivity index (χ0n) is 19.8. The Morgan fingerprint density at radius 2 is 1.70 bits per heavy atom. The first kappa shape index (κ1) is 24.1. The summed E-state index contributed by atoms with van der Waals surface area (Å²) in [7, 11) is 0. The van der Waals surface area contributed by atoms with Crippen molar-refractivity contribution in [2.75, 3.05) is 26.2 Å². The second-order valence-electron chi connectivity index (χ2n) is 8.78. The van der Waals surface area contributed by atoms with E-state index in [0.29, 0.717) is 41.5 Å². The predicted octanol–water partition coefficient (Wildman–Crippen LogP) is 2.80. The standard InChI is InChI=1S/C27H23FN4O5/c28-21-9-8-17(16-22-18-5-1-2-6-19(18)25(34)30-29-22)15-20(21)26(35)31-10-4-11-32(13-12-31)27(36)24(33)23-7-3-14-37-23/h1-3,5-9,14-15H,4,10-13,16H2,(H,30,34). The summed E-state index contributed by atoms with van der Waals surface area (Å²) in [6.45, 7) is 0.910. The number of Topliss-reactive ketones (excluding diaryl/α,β-unsaturated/α-hetero) is 1. The third-order valence-corrected chi connectivity index (χ3v) is 6.42. The Hall–Kier alpha value is -4.60. The van der Waals surface area contributed by atoms with Crippen molar-refractivity contribution in [3.8, 4) is 0 Å². The molecule has 2 amide bonds. The van der Waals surface area contributed by atoms with Crippen molar-refractivity contribution in [3.05, 3.63) is 99.6 Å². The number of amides is 2. The van der Waals surface area contributed by atoms with E-state index in [-0.39, 0.29) is 36.4 Å². The summed E-state index contributed by atoms with van der Waals surface area (Å²) >= 11 is 0. The van der Waals surface area contributed by atoms with Gasteiger partial charge in [-0.05, 0) is 42.3 Å². The minimum atomic E-state index is -0.744. The fourth-order valence-corrected chi connectivity index (χ4v) is 4.50. The van der Waals surface area contributed by atoms with Crippen molar-refractivity contribution in [2.24, 2.45) is 0 Å². The topological polar surface area (TPSA) is 117 Å². The summed E-state index contributed by atoms with van der Waals surface area (Å²) in [4.78, 5) is 53.2. The summed E-state index contributed by atoms with van der Waals surface area (Å²) < 4.78 is 19.8. The molecule has 1 fully saturated rings. The molecule has 0 aliphatic carbocycles. The van der Waals surface area contributed by atoms with Crippen LogP contribution in [0.1, 0.15) is 38.6 Å². The third-order valence-electron chi connectivity index (χ3n) is 6.42. The van der Waals surface area contributed by atoms with Gasteiger partial charge in [-0.15, -0.1) is 0 Å². The Bertz CT molecular complexity index is 1550. The summed E-state index contributed by atoms with van der Waals surface area (Å²) in [6, 6.07) is 14.3. The smallest absolute Gasteiger partial charge is 0.298 e. The molecule has 0 saturated carbocycles. The molecule has 0 spiro atoms. The first-order chi connectivity index (χ1) is 17.9. The molecule has 1 N–H and O–H groups in total. The fourth-order valence-electron chi connectivity index (χ4n) is 4.50. The molecule has 0 radical (unpaired) electrons. The lowest BCUT2D eigenvalue weighted by atomic mass is 10.0. The van der Waals surface area contributed by atoms with Crippen molar-refractivity contribution < 1.29 is 23.2 Å². The molecule has 1 saturated heterocycles. The van der Waals surface area contributed by atoms with Crippen LogP contribution >= 0.6 is 0 Å². The first-order valence-electron chi connectivity index (χ1n) is 11.8. The van der Waals surface area contributed by atoms with E-state index in [9.17, 15) is 23.6 Å². The number of hydrogen-bond acceptors (Lipinski definition) is 6. The number of carbonyl (C=O) groups excluding carboxylic acids is 3. The second kappa shape index (κ2) is 10.2. The number of aromatic amines is 1. The maximum absolute atomic E-state index is 14.8. The summed E-state index contributed by atoms with van der Waals surface area (Å²) in [6.07, 6.45) is 2.05. The molecular formula is C27H23FN4O5. The van der Waals surface area contributed by atoms with Crippen LogP contribution in [0.4, 0.5) is 4.39 Å². The van der Waals surface area contributed by atoms with Gasteiger partial charge in [-0.1, -0.05) is 24.3 Å². The maximum atomic E-state index is 14.8. The Labute approximate surface area is 210 Å². The van der Waals surface area contributed by atoms with Gasteiger partial charge in [0.25, 0.3) is 23.2 Å². The number of rotatable bonds is 5. The van der Waals surface area contributed by atoms with E-state index >= 15 is 0 Å². The molecule has 5 rings (SSSR count). The van der Waals surface area contributed by atoms with E-state index in [1.165, 1.54) is 40.3 Å². The molecule has 2 aromatic carbocycles. The number of furan rings is 1. The Balaban J connectivity index is 1.32. The molecule has 2 aromatic heterocycles. The highest BCUT2D eigenvalue weighted by Crippen LogP contribution is 2.20. The molecule has 0 atom stereocenters. The van der Waals surface area contributed by atoms with Gasteiger partial charge in [0.05, 0.1) is 22.9 Å². The van der Waals surface area contributed by atoms with E-state index in [2.05, 4.69) is 10.2 Å². The number of nitrogens with one attached hydrogen (secondary N) is 1. The molecule has 188 valence electrons. The Morgan fingerprint density at radius 1 is 0.946 bits per heavy atom. The van der Waals surface area contributed by atoms with Gasteiger partial charge in [0.1, 0.15) is 5.82 Å². The van der Waals surface area contributed by atoms with E-state index < -0.39 is 23.4 Å². The Kier molecular flexibility index (Phi) is 6.63. The molecule has 0 unspecified atom stereocenters. The number of carbonyl (C=O) groups is 3. The van der Waals surface area contributed by atoms with Crippen molar-refractivity contribution in [1.82, 2.24) is 20.0 Å². The van der Waals surface area contributed by atoms with Crippen molar-refractivity contribution in [1.29, 1.82) is 0 Å². The average molecular weight is 503 g/mol. The number of ketones is 1. The van der Waals surface area contributed by atoms with Gasteiger partial charge in [0.2, 0.25) is 0 Å². The van der Waals surface area contributed by atoms with Gasteiger partial charge < -0.3 is 14.2 Å². The minimum Gasteiger partial charge on any atom is -0.461 e. The number of benzene rings is 2. The summed E-state index contributed by atoms with van der Waals surface area (Å²) in [5.41, 5.74) is 0.877. The average Bonchev–Trinajstić information content (AvgIpc) is 3.35. The summed E-state index contributed by atoms with van der Waals surface area (Å²) in [5.74, 6) is -2.63. The quantitative estimate of drug-likeness (QED) is 0.331. The van der Waals surface area contributed by atoms with Crippen molar-refractivity contribution in [2.45, 2.75) is 12.8 Å². The van der Waals surface area contributed by atoms with Crippen LogP contribution in [0.3, 0.4) is 0 Å². The Morgan fingerprint density at radius 3 is 2.49 bits per heavy atom. The monoisotopic (exact) mass is 502 g/mol. The van der Waals surface area contributed by atoms with Crippen molar-refractivity contribution >= 4 is 28.4 Å². The molecule has 1 aliphatic heterocycles. The largest absolute Gasteiger partial charge is 0.461 e. The van der Waals surface area contributed by atoms with E-state index in [4.69, 9.17) is 4.42 Å². The van der Waals surface area contributed by atoms with Crippen LogP contribution in [0.15, 0.2) is 70.1 Å². The molecule has 4 aromatic rings. The molecule has 1 aliphatic rings. The minimum absolute atomic E-state index is 0.0363. The number of halogens is 1. The molecular weight excluding hydrogens is 479 g/mol. The lowest BCUT2D eigenvalue weighted by Gasteiger charge is -2.22. The molecule has 37 heavy (non-hydrogen) atoms. The lowest BCUT2D eigenvalue weighted by Crippen LogP contribution is -2.40. The van der Waals surface area contributed by atoms with Crippen LogP contribution in [0.5, 0.6) is 0 Å². The van der Waals surface area contributed by atoms with Gasteiger partial charge in [-0.3, -0.25) is 19.2 Å². The molecule has 9 nitrogen and oxygen atoms in total. The van der Waals surface area contributed by atoms with Crippen LogP contribution in [0, 0.1) is 5.82 Å². The van der Waals surface area contributed by atoms with E-state index in [1.807, 2.05) is 6.07 Å². The molecule has 0 bridgehead atoms. The fraction of sp³-hybridized carbons (Fsp3) is 0.222. The zero-order chi connectivity index (χ0) is 25.9. The molecule has 10 heteroatoms. The SMILES string of the molecule is O=C(C(=O)N1CCCN(C(=O)c2cc(Cc3n[nH]c(=O)c4ccccc34)ccc2F)CC1)c1ccco1. The highest BCUT2D eigenvalue weighted by Gasteiger charge is 2.29. The van der Waals surface area contributed by atoms with Gasteiger partial charge in [-0.25, -0.2) is 9.49 Å². The third kappa shape index (κ3) is 4.90. The van der Waals surface area contributed by atoms with Gasteiger partial charge >= 0.3 is 0 Å². The van der Waals surface area contributed by atoms with Crippen LogP contribution < -0.4 is 5.56 Å². The number of fused-ring (bicyclic) bond motifs is 1. The van der Waals surface area contributed by atoms with Gasteiger partial charge in [-0.2, -0.15) is 5.10 Å². The lowest BCUT2D eigenvalue weighted by molar-refractivity contribution is -0.126. The summed E-state index contributed by atoms with van der Waals surface area (Å²) in [5, 5.41) is 7.83. The number of nitrogens with zero attached hydrogens (tertiary/aromatic N) is 3. The highest BCUT2D eigenvalue weighted by atomic mass is 19.1. The maximum Gasteiger partial charge on any atom is 0.298 e. The van der Waals surface area contributed by atoms with Gasteiger partial charge in [0, 0.05) is 38.0 Å². The second-order valence-corrected chi connectivity index (χ2v) is 8.78. The van der Waals surface area contributed by atoms with E-state index in [0.717, 1.165) is 0 Å². The van der Waals surface area contributed by atoms with Gasteiger partial charge in [0.15, 0.2) is 5.76 Å². The first-order valence-corrected chi connectivity index (χ1v) is 11.8. The van der Waals surface area contributed by atoms with Crippen LogP contribution in [0.25, 0.3) is 10.8 Å². The van der Waals surface area contributed by atoms with Crippen molar-refractivity contribution in [3.63, 3.8) is 0 Å².